The number of ether oxygens (including phenoxy) is 1. The number of halogens is 3. The molecule has 2 aromatic carbocycles. The number of hydrogen-bond acceptors (Lipinski definition) is 6. The summed E-state index contributed by atoms with van der Waals surface area (Å²) in [5, 5.41) is 2.68. The molecule has 5 N–H and O–H groups in total. The fourth-order valence-electron chi connectivity index (χ4n) is 2.94. The first-order valence-electron chi connectivity index (χ1n) is 11.3. The van der Waals surface area contributed by atoms with Crippen molar-refractivity contribution in [2.45, 2.75) is 39.4 Å². The molecule has 8 nitrogen and oxygen atoms in total. The minimum atomic E-state index is -4.40. The summed E-state index contributed by atoms with van der Waals surface area (Å²) in [4.78, 5) is 29.9. The second-order valence-electron chi connectivity index (χ2n) is 7.24. The molecule has 0 bridgehead atoms. The Morgan fingerprint density at radius 3 is 2.03 bits per heavy atom. The van der Waals surface area contributed by atoms with Gasteiger partial charge in [0.1, 0.15) is 17.2 Å². The van der Waals surface area contributed by atoms with E-state index in [1.165, 1.54) is 18.2 Å². The molecule has 36 heavy (non-hydrogen) atoms. The Morgan fingerprint density at radius 1 is 1.03 bits per heavy atom. The predicted molar refractivity (Wildman–Crippen MR) is 129 cm³/mol. The lowest BCUT2D eigenvalue weighted by atomic mass is 10.2. The van der Waals surface area contributed by atoms with Crippen LogP contribution in [0, 0.1) is 0 Å². The van der Waals surface area contributed by atoms with Gasteiger partial charge >= 0.3 is 6.18 Å². The van der Waals surface area contributed by atoms with Crippen molar-refractivity contribution in [3.05, 3.63) is 71.5 Å². The van der Waals surface area contributed by atoms with Crippen molar-refractivity contribution in [1.29, 1.82) is 0 Å². The normalized spacial score (nSPS) is 12.4. The predicted octanol–water partition coefficient (Wildman–Crippen LogP) is 4.43. The monoisotopic (exact) mass is 503 g/mol. The zero-order valence-electron chi connectivity index (χ0n) is 19.9. The summed E-state index contributed by atoms with van der Waals surface area (Å²) in [6.45, 7) is 5.00. The summed E-state index contributed by atoms with van der Waals surface area (Å²) >= 11 is 0. The quantitative estimate of drug-likeness (QED) is 0.472. The van der Waals surface area contributed by atoms with Crippen LogP contribution in [0.5, 0.6) is 11.5 Å². The Bertz CT molecular complexity index is 1140. The molecule has 1 aliphatic heterocycles. The van der Waals surface area contributed by atoms with E-state index in [1.807, 2.05) is 13.8 Å². The molecule has 0 aliphatic carbocycles. The lowest BCUT2D eigenvalue weighted by molar-refractivity contribution is -0.137. The van der Waals surface area contributed by atoms with Crippen LogP contribution < -0.4 is 21.5 Å². The van der Waals surface area contributed by atoms with Gasteiger partial charge in [0.05, 0.1) is 11.3 Å². The van der Waals surface area contributed by atoms with Gasteiger partial charge in [-0.05, 0) is 61.0 Å². The summed E-state index contributed by atoms with van der Waals surface area (Å²) in [5.41, 5.74) is 11.2. The smallest absolute Gasteiger partial charge is 0.416 e. The third-order valence-corrected chi connectivity index (χ3v) is 4.67. The lowest BCUT2D eigenvalue weighted by Crippen LogP contribution is -2.15. The third kappa shape index (κ3) is 8.35. The van der Waals surface area contributed by atoms with Crippen LogP contribution in [0.15, 0.2) is 54.6 Å². The van der Waals surface area contributed by atoms with Crippen molar-refractivity contribution < 1.29 is 27.5 Å². The molecule has 0 radical (unpaired) electrons. The molecule has 3 aromatic rings. The van der Waals surface area contributed by atoms with E-state index in [2.05, 4.69) is 15.3 Å². The van der Waals surface area contributed by atoms with Crippen LogP contribution in [0.3, 0.4) is 0 Å². The van der Waals surface area contributed by atoms with Gasteiger partial charge in [0.25, 0.3) is 5.91 Å². The van der Waals surface area contributed by atoms with Gasteiger partial charge in [-0.3, -0.25) is 9.59 Å². The summed E-state index contributed by atoms with van der Waals surface area (Å²) < 4.78 is 43.3. The highest BCUT2D eigenvalue weighted by Crippen LogP contribution is 2.31. The fraction of sp³-hybridized carbons (Fsp3) is 0.280. The maximum absolute atomic E-state index is 12.6. The van der Waals surface area contributed by atoms with E-state index in [-0.39, 0.29) is 29.7 Å². The van der Waals surface area contributed by atoms with Gasteiger partial charge in [0.15, 0.2) is 5.82 Å². The average molecular weight is 504 g/mol. The second kappa shape index (κ2) is 13.2. The molecule has 1 fully saturated rings. The number of benzene rings is 2. The minimum absolute atomic E-state index is 0.0514. The number of hydrogen-bond donors (Lipinski definition) is 3. The SMILES string of the molecule is CC.NCc1cc(C(N)=O)nc(-c2ccc(Oc3ccc(C(F)(F)F)cc3)cc2)n1.O=C1CCCN1. The van der Waals surface area contributed by atoms with Crippen molar-refractivity contribution >= 4 is 11.8 Å². The Labute approximate surface area is 206 Å². The van der Waals surface area contributed by atoms with Crippen LogP contribution in [-0.4, -0.2) is 28.3 Å². The molecule has 0 unspecified atom stereocenters. The lowest BCUT2D eigenvalue weighted by Gasteiger charge is -2.10. The Hall–Kier alpha value is -3.99. The van der Waals surface area contributed by atoms with Crippen molar-refractivity contribution in [1.82, 2.24) is 15.3 Å². The van der Waals surface area contributed by atoms with E-state index in [9.17, 15) is 22.8 Å². The number of carbonyl (C=O) groups excluding carboxylic acids is 2. The molecule has 1 aromatic heterocycles. The first-order valence-corrected chi connectivity index (χ1v) is 11.3. The number of nitrogens with one attached hydrogen (secondary N) is 1. The summed E-state index contributed by atoms with van der Waals surface area (Å²) in [6, 6.07) is 12.3. The number of primary amides is 1. The van der Waals surface area contributed by atoms with E-state index in [0.717, 1.165) is 31.5 Å². The van der Waals surface area contributed by atoms with Crippen molar-refractivity contribution in [3.63, 3.8) is 0 Å². The minimum Gasteiger partial charge on any atom is -0.457 e. The van der Waals surface area contributed by atoms with E-state index >= 15 is 0 Å². The standard InChI is InChI=1S/C19H15F3N4O2.C4H7NO.C2H6/c20-19(21,22)12-3-7-15(8-4-12)28-14-5-1-11(2-6-14)18-25-13(10-23)9-16(26-18)17(24)27;6-4-2-1-3-5-4;1-2/h1-9H,10,23H2,(H2,24,27);1-3H2,(H,5,6);1-2H3. The largest absolute Gasteiger partial charge is 0.457 e. The summed E-state index contributed by atoms with van der Waals surface area (Å²) in [6.07, 6.45) is -2.64. The molecule has 11 heteroatoms. The van der Waals surface area contributed by atoms with Crippen molar-refractivity contribution in [3.8, 4) is 22.9 Å². The number of nitrogens with two attached hydrogens (primary N) is 2. The molecule has 0 spiro atoms. The van der Waals surface area contributed by atoms with Gasteiger partial charge in [-0.15, -0.1) is 0 Å². The number of rotatable bonds is 5. The molecular weight excluding hydrogens is 475 g/mol. The van der Waals surface area contributed by atoms with E-state index in [0.29, 0.717) is 17.0 Å². The first kappa shape index (κ1) is 28.2. The number of aromatic nitrogens is 2. The van der Waals surface area contributed by atoms with Gasteiger partial charge in [-0.1, -0.05) is 13.8 Å². The number of amides is 2. The summed E-state index contributed by atoms with van der Waals surface area (Å²) in [7, 11) is 0. The van der Waals surface area contributed by atoms with Gasteiger partial charge in [-0.2, -0.15) is 13.2 Å². The molecule has 2 heterocycles. The number of alkyl halides is 3. The van der Waals surface area contributed by atoms with Crippen LogP contribution in [0.1, 0.15) is 48.4 Å². The van der Waals surface area contributed by atoms with Crippen LogP contribution in [-0.2, 0) is 17.5 Å². The van der Waals surface area contributed by atoms with Crippen LogP contribution in [0.2, 0.25) is 0 Å². The van der Waals surface area contributed by atoms with E-state index < -0.39 is 17.6 Å². The average Bonchev–Trinajstić information content (AvgIpc) is 3.36. The highest BCUT2D eigenvalue weighted by Gasteiger charge is 2.30. The number of nitrogens with zero attached hydrogens (tertiary/aromatic N) is 2. The zero-order valence-corrected chi connectivity index (χ0v) is 19.9. The van der Waals surface area contributed by atoms with Crippen LogP contribution in [0.25, 0.3) is 11.4 Å². The Balaban J connectivity index is 0.000000491. The maximum Gasteiger partial charge on any atom is 0.416 e. The first-order chi connectivity index (χ1) is 17.2. The maximum atomic E-state index is 12.6. The highest BCUT2D eigenvalue weighted by molar-refractivity contribution is 5.91. The van der Waals surface area contributed by atoms with Crippen molar-refractivity contribution in [2.24, 2.45) is 11.5 Å². The molecule has 4 rings (SSSR count). The van der Waals surface area contributed by atoms with E-state index in [4.69, 9.17) is 16.2 Å². The van der Waals surface area contributed by atoms with Crippen LogP contribution in [0.4, 0.5) is 13.2 Å². The highest BCUT2D eigenvalue weighted by atomic mass is 19.4. The van der Waals surface area contributed by atoms with Gasteiger partial charge in [0.2, 0.25) is 5.91 Å². The molecule has 192 valence electrons. The van der Waals surface area contributed by atoms with Gasteiger partial charge in [0, 0.05) is 25.1 Å². The molecule has 1 saturated heterocycles. The Morgan fingerprint density at radius 2 is 1.61 bits per heavy atom. The molecule has 0 atom stereocenters. The second-order valence-corrected chi connectivity index (χ2v) is 7.24. The van der Waals surface area contributed by atoms with Gasteiger partial charge < -0.3 is 21.5 Å². The zero-order chi connectivity index (χ0) is 26.7. The molecule has 1 aliphatic rings. The molecular formula is C25H28F3N5O3. The van der Waals surface area contributed by atoms with E-state index in [1.54, 1.807) is 24.3 Å². The van der Waals surface area contributed by atoms with Gasteiger partial charge in [-0.25, -0.2) is 9.97 Å². The molecule has 0 saturated carbocycles. The fourth-order valence-corrected chi connectivity index (χ4v) is 2.94. The third-order valence-electron chi connectivity index (χ3n) is 4.67. The Kier molecular flexibility index (Phi) is 10.4. The summed E-state index contributed by atoms with van der Waals surface area (Å²) in [5.74, 6) is 0.459. The number of carbonyl (C=O) groups is 2. The van der Waals surface area contributed by atoms with Crippen molar-refractivity contribution in [2.75, 3.05) is 6.54 Å². The van der Waals surface area contributed by atoms with Crippen LogP contribution >= 0.6 is 0 Å². The topological polar surface area (TPSA) is 133 Å². The molecule has 2 amide bonds.